The molecule has 0 fully saturated rings. The van der Waals surface area contributed by atoms with Crippen molar-refractivity contribution in [3.05, 3.63) is 0 Å². The van der Waals surface area contributed by atoms with Crippen LogP contribution < -0.4 is 0 Å². The molecule has 0 aromatic heterocycles. The SMILES string of the molecule is CCCCCCCCCCCCOS(=O)(=O)O.[Fe]. The van der Waals surface area contributed by atoms with Crippen LogP contribution in [0.3, 0.4) is 0 Å². The third-order valence-electron chi connectivity index (χ3n) is 2.73. The fourth-order valence-electron chi connectivity index (χ4n) is 1.75. The van der Waals surface area contributed by atoms with Crippen molar-refractivity contribution in [2.45, 2.75) is 71.1 Å². The van der Waals surface area contributed by atoms with E-state index in [1.54, 1.807) is 0 Å². The van der Waals surface area contributed by atoms with E-state index in [-0.39, 0.29) is 23.7 Å². The molecule has 0 heterocycles. The molecule has 0 aromatic carbocycles. The van der Waals surface area contributed by atoms with E-state index in [1.807, 2.05) is 0 Å². The standard InChI is InChI=1S/C12H26O4S.Fe/c1-2-3-4-5-6-7-8-9-10-11-12-16-17(13,14)15;/h2-12H2,1H3,(H,13,14,15);. The van der Waals surface area contributed by atoms with E-state index in [9.17, 15) is 8.42 Å². The summed E-state index contributed by atoms with van der Waals surface area (Å²) in [5.74, 6) is 0. The zero-order valence-electron chi connectivity index (χ0n) is 11.2. The second kappa shape index (κ2) is 13.8. The maximum atomic E-state index is 10.2. The van der Waals surface area contributed by atoms with Crippen molar-refractivity contribution in [3.63, 3.8) is 0 Å². The van der Waals surface area contributed by atoms with Gasteiger partial charge in [-0.15, -0.1) is 0 Å². The molecule has 0 rings (SSSR count). The van der Waals surface area contributed by atoms with Crippen LogP contribution in [-0.2, 0) is 31.7 Å². The third-order valence-corrected chi connectivity index (χ3v) is 3.19. The van der Waals surface area contributed by atoms with E-state index in [1.165, 1.54) is 44.9 Å². The third kappa shape index (κ3) is 18.7. The van der Waals surface area contributed by atoms with Crippen molar-refractivity contribution in [3.8, 4) is 0 Å². The Labute approximate surface area is 122 Å². The molecule has 0 atom stereocenters. The number of hydrogen-bond donors (Lipinski definition) is 1. The van der Waals surface area contributed by atoms with Crippen molar-refractivity contribution in [2.24, 2.45) is 0 Å². The molecule has 18 heavy (non-hydrogen) atoms. The first-order chi connectivity index (χ1) is 8.06. The summed E-state index contributed by atoms with van der Waals surface area (Å²) in [6.07, 6.45) is 11.9. The second-order valence-corrected chi connectivity index (χ2v) is 5.52. The molecule has 0 spiro atoms. The fraction of sp³-hybridized carbons (Fsp3) is 1.00. The van der Waals surface area contributed by atoms with Crippen LogP contribution >= 0.6 is 0 Å². The normalized spacial score (nSPS) is 11.2. The largest absolute Gasteiger partial charge is 0.397 e. The molecule has 4 nitrogen and oxygen atoms in total. The van der Waals surface area contributed by atoms with Gasteiger partial charge in [-0.2, -0.15) is 8.42 Å². The van der Waals surface area contributed by atoms with Gasteiger partial charge in [-0.25, -0.2) is 4.18 Å². The van der Waals surface area contributed by atoms with Gasteiger partial charge >= 0.3 is 10.4 Å². The average molecular weight is 322 g/mol. The van der Waals surface area contributed by atoms with Gasteiger partial charge in [0.1, 0.15) is 0 Å². The van der Waals surface area contributed by atoms with Crippen molar-refractivity contribution in [1.29, 1.82) is 0 Å². The Morgan fingerprint density at radius 1 is 0.833 bits per heavy atom. The van der Waals surface area contributed by atoms with Crippen molar-refractivity contribution < 1.29 is 34.2 Å². The van der Waals surface area contributed by atoms with Crippen LogP contribution in [0.1, 0.15) is 71.1 Å². The van der Waals surface area contributed by atoms with Gasteiger partial charge in [0.25, 0.3) is 0 Å². The molecule has 6 heteroatoms. The molecule has 0 aliphatic carbocycles. The summed E-state index contributed by atoms with van der Waals surface area (Å²) in [5.41, 5.74) is 0. The summed E-state index contributed by atoms with van der Waals surface area (Å²) in [4.78, 5) is 0. The molecule has 0 amide bonds. The molecular weight excluding hydrogens is 296 g/mol. The van der Waals surface area contributed by atoms with Gasteiger partial charge in [-0.1, -0.05) is 64.7 Å². The van der Waals surface area contributed by atoms with Crippen LogP contribution in [0.15, 0.2) is 0 Å². The Morgan fingerprint density at radius 3 is 1.61 bits per heavy atom. The Kier molecular flexibility index (Phi) is 15.9. The smallest absolute Gasteiger partial charge is 0.264 e. The van der Waals surface area contributed by atoms with Crippen molar-refractivity contribution >= 4 is 10.4 Å². The van der Waals surface area contributed by atoms with E-state index in [2.05, 4.69) is 11.1 Å². The summed E-state index contributed by atoms with van der Waals surface area (Å²) < 4.78 is 33.0. The molecule has 0 bridgehead atoms. The van der Waals surface area contributed by atoms with Gasteiger partial charge < -0.3 is 0 Å². The van der Waals surface area contributed by atoms with Crippen LogP contribution in [-0.4, -0.2) is 19.6 Å². The molecule has 0 aromatic rings. The topological polar surface area (TPSA) is 63.6 Å². The minimum absolute atomic E-state index is 0. The molecule has 0 unspecified atom stereocenters. The summed E-state index contributed by atoms with van der Waals surface area (Å²) in [7, 11) is -4.23. The first kappa shape index (κ1) is 20.7. The molecule has 0 saturated heterocycles. The zero-order valence-corrected chi connectivity index (χ0v) is 13.1. The summed E-state index contributed by atoms with van der Waals surface area (Å²) in [5, 5.41) is 0. The maximum Gasteiger partial charge on any atom is 0.397 e. The van der Waals surface area contributed by atoms with Gasteiger partial charge in [0.15, 0.2) is 0 Å². The van der Waals surface area contributed by atoms with Crippen molar-refractivity contribution in [2.75, 3.05) is 6.61 Å². The summed E-state index contributed by atoms with van der Waals surface area (Å²) in [6, 6.07) is 0. The number of unbranched alkanes of at least 4 members (excludes halogenated alkanes) is 9. The first-order valence-corrected chi connectivity index (χ1v) is 8.04. The van der Waals surface area contributed by atoms with Crippen molar-refractivity contribution in [1.82, 2.24) is 0 Å². The molecule has 112 valence electrons. The minimum atomic E-state index is -4.23. The predicted octanol–water partition coefficient (Wildman–Crippen LogP) is 3.72. The Balaban J connectivity index is 0. The quantitative estimate of drug-likeness (QED) is 0.338. The fourth-order valence-corrected chi connectivity index (χ4v) is 2.08. The second-order valence-electron chi connectivity index (χ2n) is 4.43. The number of hydrogen-bond acceptors (Lipinski definition) is 3. The molecule has 0 radical (unpaired) electrons. The Morgan fingerprint density at radius 2 is 1.22 bits per heavy atom. The molecule has 0 aliphatic rings. The summed E-state index contributed by atoms with van der Waals surface area (Å²) >= 11 is 0. The van der Waals surface area contributed by atoms with Crippen LogP contribution in [0.2, 0.25) is 0 Å². The first-order valence-electron chi connectivity index (χ1n) is 6.68. The molecular formula is C12H26FeO4S. The van der Waals surface area contributed by atoms with Gasteiger partial charge in [-0.3, -0.25) is 4.55 Å². The summed E-state index contributed by atoms with van der Waals surface area (Å²) in [6.45, 7) is 2.31. The predicted molar refractivity (Wildman–Crippen MR) is 69.3 cm³/mol. The number of rotatable bonds is 12. The van der Waals surface area contributed by atoms with Gasteiger partial charge in [0, 0.05) is 17.1 Å². The van der Waals surface area contributed by atoms with E-state index in [0.717, 1.165) is 12.8 Å². The van der Waals surface area contributed by atoms with Gasteiger partial charge in [0.05, 0.1) is 6.61 Å². The molecule has 0 saturated carbocycles. The monoisotopic (exact) mass is 322 g/mol. The molecule has 1 N–H and O–H groups in total. The van der Waals surface area contributed by atoms with E-state index in [4.69, 9.17) is 4.55 Å². The van der Waals surface area contributed by atoms with Crippen LogP contribution in [0.25, 0.3) is 0 Å². The maximum absolute atomic E-state index is 10.2. The van der Waals surface area contributed by atoms with Crippen LogP contribution in [0.4, 0.5) is 0 Å². The average Bonchev–Trinajstić information content (AvgIpc) is 2.24. The van der Waals surface area contributed by atoms with E-state index < -0.39 is 10.4 Å². The van der Waals surface area contributed by atoms with Gasteiger partial charge in [-0.05, 0) is 6.42 Å². The van der Waals surface area contributed by atoms with E-state index >= 15 is 0 Å². The Bertz CT molecular complexity index is 255. The minimum Gasteiger partial charge on any atom is -0.264 e. The van der Waals surface area contributed by atoms with Crippen LogP contribution in [0.5, 0.6) is 0 Å². The van der Waals surface area contributed by atoms with Gasteiger partial charge in [0.2, 0.25) is 0 Å². The Hall–Kier alpha value is 0.389. The zero-order chi connectivity index (χ0) is 13.0. The van der Waals surface area contributed by atoms with E-state index in [0.29, 0.717) is 6.42 Å². The molecule has 0 aliphatic heterocycles. The van der Waals surface area contributed by atoms with Crippen LogP contribution in [0, 0.1) is 0 Å².